The minimum absolute atomic E-state index is 0.278. The highest BCUT2D eigenvalue weighted by atomic mass is 16.5. The van der Waals surface area contributed by atoms with Crippen molar-refractivity contribution in [2.45, 2.75) is 85.0 Å². The zero-order valence-electron chi connectivity index (χ0n) is 15.1. The first-order valence-electron chi connectivity index (χ1n) is 9.40. The topological polar surface area (TPSA) is 63.6 Å². The fraction of sp³-hybridized carbons (Fsp3) is 0.895. The quantitative estimate of drug-likeness (QED) is 0.462. The summed E-state index contributed by atoms with van der Waals surface area (Å²) in [5, 5.41) is 9.34. The van der Waals surface area contributed by atoms with Crippen LogP contribution in [0.1, 0.15) is 85.0 Å². The number of esters is 1. The van der Waals surface area contributed by atoms with Crippen LogP contribution in [0.4, 0.5) is 0 Å². The smallest absolute Gasteiger partial charge is 0.323 e. The summed E-state index contributed by atoms with van der Waals surface area (Å²) in [6.45, 7) is 6.06. The first-order chi connectivity index (χ1) is 11.0. The van der Waals surface area contributed by atoms with E-state index in [9.17, 15) is 14.7 Å². The number of hydrogen-bond donors (Lipinski definition) is 1. The Balaban J connectivity index is 2.32. The van der Waals surface area contributed by atoms with Crippen LogP contribution in [0.2, 0.25) is 0 Å². The summed E-state index contributed by atoms with van der Waals surface area (Å²) in [5.41, 5.74) is -1.36. The first kappa shape index (κ1) is 20.0. The Morgan fingerprint density at radius 1 is 1.00 bits per heavy atom. The molecule has 0 bridgehead atoms. The molecular weight excluding hydrogens is 292 g/mol. The average molecular weight is 326 g/mol. The number of hydrogen-bond acceptors (Lipinski definition) is 3. The van der Waals surface area contributed by atoms with Crippen LogP contribution in [-0.4, -0.2) is 23.7 Å². The van der Waals surface area contributed by atoms with Crippen molar-refractivity contribution in [2.24, 2.45) is 17.3 Å². The molecule has 1 fully saturated rings. The average Bonchev–Trinajstić information content (AvgIpc) is 2.55. The van der Waals surface area contributed by atoms with Crippen LogP contribution in [0.3, 0.4) is 0 Å². The van der Waals surface area contributed by atoms with Crippen LogP contribution >= 0.6 is 0 Å². The van der Waals surface area contributed by atoms with Gasteiger partial charge in [0.05, 0.1) is 6.61 Å². The number of carboxylic acids is 1. The van der Waals surface area contributed by atoms with Gasteiger partial charge in [0.2, 0.25) is 0 Å². The predicted octanol–water partition coefficient (Wildman–Crippen LogP) is 4.81. The van der Waals surface area contributed by atoms with E-state index in [4.69, 9.17) is 4.74 Å². The second-order valence-corrected chi connectivity index (χ2v) is 7.05. The Hall–Kier alpha value is -1.06. The summed E-state index contributed by atoms with van der Waals surface area (Å²) in [7, 11) is 0. The van der Waals surface area contributed by atoms with Crippen molar-refractivity contribution in [3.8, 4) is 0 Å². The molecule has 4 heteroatoms. The zero-order valence-corrected chi connectivity index (χ0v) is 15.1. The molecule has 0 unspecified atom stereocenters. The largest absolute Gasteiger partial charge is 0.480 e. The summed E-state index contributed by atoms with van der Waals surface area (Å²) in [4.78, 5) is 23.6. The van der Waals surface area contributed by atoms with Gasteiger partial charge in [-0.05, 0) is 31.1 Å². The third-order valence-electron chi connectivity index (χ3n) is 5.70. The maximum Gasteiger partial charge on any atom is 0.323 e. The summed E-state index contributed by atoms with van der Waals surface area (Å²) in [6.07, 6.45) is 10.4. The lowest BCUT2D eigenvalue weighted by molar-refractivity contribution is -0.169. The molecule has 1 aliphatic carbocycles. The Morgan fingerprint density at radius 3 is 1.96 bits per heavy atom. The Kier molecular flexibility index (Phi) is 8.64. The van der Waals surface area contributed by atoms with Gasteiger partial charge in [-0.15, -0.1) is 0 Å². The third kappa shape index (κ3) is 5.50. The van der Waals surface area contributed by atoms with E-state index in [0.717, 1.165) is 12.3 Å². The second-order valence-electron chi connectivity index (χ2n) is 7.05. The number of unbranched alkanes of at least 4 members (excludes halogenated alkanes) is 1. The van der Waals surface area contributed by atoms with Gasteiger partial charge in [-0.1, -0.05) is 65.7 Å². The molecule has 0 amide bonds. The van der Waals surface area contributed by atoms with Crippen LogP contribution in [0.5, 0.6) is 0 Å². The van der Waals surface area contributed by atoms with E-state index >= 15 is 0 Å². The monoisotopic (exact) mass is 326 g/mol. The molecule has 1 rings (SSSR count). The van der Waals surface area contributed by atoms with Crippen molar-refractivity contribution in [3.63, 3.8) is 0 Å². The van der Waals surface area contributed by atoms with Gasteiger partial charge in [-0.2, -0.15) is 0 Å². The second kappa shape index (κ2) is 9.94. The highest BCUT2D eigenvalue weighted by Crippen LogP contribution is 2.34. The van der Waals surface area contributed by atoms with Crippen molar-refractivity contribution >= 4 is 11.9 Å². The molecule has 0 spiro atoms. The lowest BCUT2D eigenvalue weighted by Crippen LogP contribution is -2.40. The Labute approximate surface area is 141 Å². The fourth-order valence-electron chi connectivity index (χ4n) is 3.69. The minimum atomic E-state index is -1.36. The Bertz CT molecular complexity index is 366. The number of aliphatic carboxylic acids is 1. The Morgan fingerprint density at radius 2 is 1.52 bits per heavy atom. The fourth-order valence-corrected chi connectivity index (χ4v) is 3.69. The molecule has 4 nitrogen and oxygen atoms in total. The van der Waals surface area contributed by atoms with Crippen LogP contribution in [0.15, 0.2) is 0 Å². The highest BCUT2D eigenvalue weighted by molar-refractivity contribution is 5.99. The van der Waals surface area contributed by atoms with E-state index in [2.05, 4.69) is 6.92 Å². The predicted molar refractivity (Wildman–Crippen MR) is 91.2 cm³/mol. The van der Waals surface area contributed by atoms with Crippen LogP contribution in [-0.2, 0) is 14.3 Å². The molecule has 0 radical (unpaired) electrons. The number of carboxylic acid groups (broad SMARTS) is 1. The summed E-state index contributed by atoms with van der Waals surface area (Å²) in [6, 6.07) is 0. The van der Waals surface area contributed by atoms with Crippen molar-refractivity contribution < 1.29 is 19.4 Å². The number of ether oxygens (including phenoxy) is 1. The lowest BCUT2D eigenvalue weighted by atomic mass is 9.78. The van der Waals surface area contributed by atoms with Gasteiger partial charge < -0.3 is 9.84 Å². The molecule has 0 saturated heterocycles. The van der Waals surface area contributed by atoms with Crippen molar-refractivity contribution in [3.05, 3.63) is 0 Å². The maximum absolute atomic E-state index is 12.2. The summed E-state index contributed by atoms with van der Waals surface area (Å²) < 4.78 is 5.33. The molecule has 23 heavy (non-hydrogen) atoms. The van der Waals surface area contributed by atoms with Crippen LogP contribution < -0.4 is 0 Å². The molecule has 0 aromatic rings. The van der Waals surface area contributed by atoms with Gasteiger partial charge in [0.15, 0.2) is 5.41 Å². The molecule has 1 saturated carbocycles. The first-order valence-corrected chi connectivity index (χ1v) is 9.40. The third-order valence-corrected chi connectivity index (χ3v) is 5.70. The maximum atomic E-state index is 12.2. The standard InChI is InChI=1S/C19H34O4/c1-4-7-8-15-9-11-16(12-10-15)13-14-23-18(22)19(5-2,6-3)17(20)21/h15-16H,4-14H2,1-3H3,(H,20,21)/t15-,16-. The molecule has 1 aliphatic rings. The van der Waals surface area contributed by atoms with Gasteiger partial charge in [0.25, 0.3) is 0 Å². The summed E-state index contributed by atoms with van der Waals surface area (Å²) >= 11 is 0. The number of carbonyl (C=O) groups excluding carboxylic acids is 1. The zero-order chi connectivity index (χ0) is 17.3. The molecule has 134 valence electrons. The number of carbonyl (C=O) groups is 2. The van der Waals surface area contributed by atoms with E-state index in [1.165, 1.54) is 44.9 Å². The highest BCUT2D eigenvalue weighted by Gasteiger charge is 2.44. The molecule has 1 N–H and O–H groups in total. The molecule has 0 aromatic heterocycles. The lowest BCUT2D eigenvalue weighted by Gasteiger charge is -2.29. The number of rotatable bonds is 10. The normalized spacial score (nSPS) is 21.9. The molecule has 0 atom stereocenters. The van der Waals surface area contributed by atoms with Gasteiger partial charge in [0.1, 0.15) is 0 Å². The SMILES string of the molecule is CCCC[C@H]1CC[C@H](CCOC(=O)C(CC)(CC)C(=O)O)CC1. The van der Waals surface area contributed by atoms with Crippen LogP contribution in [0.25, 0.3) is 0 Å². The van der Waals surface area contributed by atoms with Gasteiger partial charge in [-0.25, -0.2) is 0 Å². The van der Waals surface area contributed by atoms with E-state index in [-0.39, 0.29) is 12.8 Å². The van der Waals surface area contributed by atoms with E-state index in [1.54, 1.807) is 13.8 Å². The molecule has 0 aliphatic heterocycles. The summed E-state index contributed by atoms with van der Waals surface area (Å²) in [5.74, 6) is -0.118. The van der Waals surface area contributed by atoms with Crippen molar-refractivity contribution in [1.82, 2.24) is 0 Å². The van der Waals surface area contributed by atoms with Gasteiger partial charge in [0, 0.05) is 0 Å². The minimum Gasteiger partial charge on any atom is -0.480 e. The molecule has 0 aromatic carbocycles. The van der Waals surface area contributed by atoms with E-state index in [0.29, 0.717) is 12.5 Å². The van der Waals surface area contributed by atoms with E-state index < -0.39 is 17.4 Å². The van der Waals surface area contributed by atoms with Crippen molar-refractivity contribution in [2.75, 3.05) is 6.61 Å². The molecular formula is C19H34O4. The molecule has 0 heterocycles. The van der Waals surface area contributed by atoms with E-state index in [1.807, 2.05) is 0 Å². The van der Waals surface area contributed by atoms with Gasteiger partial charge in [-0.3, -0.25) is 9.59 Å². The van der Waals surface area contributed by atoms with Crippen LogP contribution in [0, 0.1) is 17.3 Å². The van der Waals surface area contributed by atoms with Crippen molar-refractivity contribution in [1.29, 1.82) is 0 Å². The van der Waals surface area contributed by atoms with Gasteiger partial charge >= 0.3 is 11.9 Å².